The number of hydrogen-bond acceptors (Lipinski definition) is 8. The largest absolute Gasteiger partial charge is 0.480 e. The molecule has 5 rings (SSSR count). The molecule has 0 spiro atoms. The zero-order chi connectivity index (χ0) is 35.1. The number of alkyl carbamates (subject to hydrolysis) is 1. The minimum absolute atomic E-state index is 0.00931. The second-order valence-corrected chi connectivity index (χ2v) is 14.3. The molecule has 264 valence electrons. The quantitative estimate of drug-likeness (QED) is 0.366. The van der Waals surface area contributed by atoms with Gasteiger partial charge in [-0.3, -0.25) is 4.79 Å². The highest BCUT2D eigenvalue weighted by atomic mass is 19.3. The normalized spacial score (nSPS) is 30.0. The number of fused-ring (bicyclic) bond motifs is 5. The molecule has 3 heterocycles. The summed E-state index contributed by atoms with van der Waals surface area (Å²) in [7, 11) is 0. The van der Waals surface area contributed by atoms with Gasteiger partial charge in [-0.2, -0.15) is 17.6 Å². The molecule has 2 bridgehead atoms. The number of halogens is 4. The molecule has 3 aliphatic rings. The second kappa shape index (κ2) is 13.5. The number of rotatable bonds is 3. The molecular formula is C33H42F4N4O7. The highest BCUT2D eigenvalue weighted by Crippen LogP contribution is 2.43. The molecule has 2 amide bonds. The number of aliphatic carboxylic acids is 1. The van der Waals surface area contributed by atoms with Gasteiger partial charge in [0.1, 0.15) is 30.0 Å². The first-order valence-corrected chi connectivity index (χ1v) is 16.3. The number of carbonyl (C=O) groups is 3. The molecule has 15 heteroatoms. The van der Waals surface area contributed by atoms with Gasteiger partial charge in [0.05, 0.1) is 17.6 Å². The fourth-order valence-electron chi connectivity index (χ4n) is 7.08. The molecule has 2 fully saturated rings. The molecular weight excluding hydrogens is 640 g/mol. The summed E-state index contributed by atoms with van der Waals surface area (Å²) in [5.41, 5.74) is -1.72. The fraction of sp³-hybridized carbons (Fsp3) is 0.667. The maximum atomic E-state index is 16.0. The van der Waals surface area contributed by atoms with E-state index in [1.165, 1.54) is 12.1 Å². The first kappa shape index (κ1) is 35.4. The lowest BCUT2D eigenvalue weighted by molar-refractivity contribution is -0.150. The smallest absolute Gasteiger partial charge is 0.408 e. The maximum Gasteiger partial charge on any atom is 0.408 e. The molecule has 2 N–H and O–H groups in total. The lowest BCUT2D eigenvalue weighted by Crippen LogP contribution is -2.57. The van der Waals surface area contributed by atoms with Gasteiger partial charge in [-0.25, -0.2) is 19.6 Å². The van der Waals surface area contributed by atoms with Gasteiger partial charge in [0.15, 0.2) is 5.69 Å². The molecule has 7 atom stereocenters. The highest BCUT2D eigenvalue weighted by molar-refractivity contribution is 5.90. The Kier molecular flexibility index (Phi) is 9.98. The van der Waals surface area contributed by atoms with Crippen LogP contribution in [0.4, 0.5) is 22.4 Å². The topological polar surface area (TPSA) is 140 Å². The molecule has 1 aromatic carbocycles. The molecule has 1 saturated carbocycles. The Morgan fingerprint density at radius 2 is 1.83 bits per heavy atom. The van der Waals surface area contributed by atoms with E-state index in [0.29, 0.717) is 19.3 Å². The first-order valence-electron chi connectivity index (χ1n) is 16.3. The van der Waals surface area contributed by atoms with Gasteiger partial charge in [-0.05, 0) is 54.6 Å². The Balaban J connectivity index is 1.56. The minimum atomic E-state index is -3.54. The summed E-state index contributed by atoms with van der Waals surface area (Å²) in [6.07, 6.45) is -1.68. The fourth-order valence-corrected chi connectivity index (χ4v) is 7.08. The number of carbonyl (C=O) groups excluding carboxylic acids is 2. The number of hydrogen-bond donors (Lipinski definition) is 2. The summed E-state index contributed by atoms with van der Waals surface area (Å²) in [6, 6.07) is 0.928. The van der Waals surface area contributed by atoms with E-state index in [-0.39, 0.29) is 53.9 Å². The Bertz CT molecular complexity index is 1540. The van der Waals surface area contributed by atoms with E-state index in [9.17, 15) is 28.3 Å². The zero-order valence-electron chi connectivity index (χ0n) is 27.6. The van der Waals surface area contributed by atoms with E-state index in [0.717, 1.165) is 11.0 Å². The van der Waals surface area contributed by atoms with Gasteiger partial charge in [-0.1, -0.05) is 41.0 Å². The van der Waals surface area contributed by atoms with Gasteiger partial charge in [-0.15, -0.1) is 0 Å². The van der Waals surface area contributed by atoms with Crippen LogP contribution < -0.4 is 14.8 Å². The molecule has 2 aliphatic heterocycles. The van der Waals surface area contributed by atoms with E-state index in [4.69, 9.17) is 9.47 Å². The van der Waals surface area contributed by atoms with Crippen molar-refractivity contribution >= 4 is 29.0 Å². The van der Waals surface area contributed by atoms with Gasteiger partial charge in [0.25, 0.3) is 5.92 Å². The molecule has 1 aliphatic carbocycles. The monoisotopic (exact) mass is 682 g/mol. The van der Waals surface area contributed by atoms with Crippen molar-refractivity contribution in [1.82, 2.24) is 20.2 Å². The minimum Gasteiger partial charge on any atom is -0.480 e. The summed E-state index contributed by atoms with van der Waals surface area (Å²) in [6.45, 7) is 5.78. The van der Waals surface area contributed by atoms with E-state index in [1.54, 1.807) is 20.8 Å². The van der Waals surface area contributed by atoms with Crippen LogP contribution in [0.1, 0.15) is 78.8 Å². The number of ether oxygens (including phenoxy) is 3. The number of nitrogens with zero attached hydrogens (tertiary/aromatic N) is 3. The summed E-state index contributed by atoms with van der Waals surface area (Å²) in [4.78, 5) is 49.1. The summed E-state index contributed by atoms with van der Waals surface area (Å²) in [5, 5.41) is 12.8. The molecule has 1 saturated heterocycles. The van der Waals surface area contributed by atoms with Crippen molar-refractivity contribution < 1.29 is 51.3 Å². The average Bonchev–Trinajstić information content (AvgIpc) is 3.52. The van der Waals surface area contributed by atoms with Crippen LogP contribution in [-0.2, 0) is 20.2 Å². The van der Waals surface area contributed by atoms with Crippen LogP contribution in [0.2, 0.25) is 0 Å². The molecule has 48 heavy (non-hydrogen) atoms. The van der Waals surface area contributed by atoms with E-state index in [1.807, 2.05) is 13.8 Å². The highest BCUT2D eigenvalue weighted by Gasteiger charge is 2.48. The van der Waals surface area contributed by atoms with Gasteiger partial charge in [0, 0.05) is 18.9 Å². The number of nitrogens with one attached hydrogen (secondary N) is 1. The molecule has 0 unspecified atom stereocenters. The maximum absolute atomic E-state index is 16.0. The summed E-state index contributed by atoms with van der Waals surface area (Å²) >= 11 is 0. The zero-order valence-corrected chi connectivity index (χ0v) is 27.6. The Morgan fingerprint density at radius 1 is 1.10 bits per heavy atom. The Morgan fingerprint density at radius 3 is 2.50 bits per heavy atom. The number of carboxylic acid groups (broad SMARTS) is 1. The van der Waals surface area contributed by atoms with Crippen LogP contribution in [0.3, 0.4) is 0 Å². The van der Waals surface area contributed by atoms with Gasteiger partial charge >= 0.3 is 18.7 Å². The third-order valence-corrected chi connectivity index (χ3v) is 9.85. The van der Waals surface area contributed by atoms with Gasteiger partial charge < -0.3 is 29.5 Å². The van der Waals surface area contributed by atoms with Crippen LogP contribution in [-0.4, -0.2) is 75.4 Å². The van der Waals surface area contributed by atoms with Crippen molar-refractivity contribution in [2.24, 2.45) is 23.2 Å². The molecule has 1 aromatic heterocycles. The number of carboxylic acids is 1. The Hall–Kier alpha value is -3.91. The molecule has 0 radical (unpaired) electrons. The standard InChI is InChI=1S/C33H42F4N4O7/c1-16-12-24-20(17(16)2)8-6-7-11-33(36,37)25-27(39-22-13-18(47-30(34)35)9-10-21(22)38-25)46-19-14-23(29(43)44)41(15-19)28(42)26(32(3,4)5)40-31(45)48-24/h9-10,13,16-17,19-20,23-24,26,30H,6-8,11-12,14-15H2,1-5H3,(H,40,45)(H,43,44)/t16-,17-,19+,20+,23-,24+,26+/m0/s1. The van der Waals surface area contributed by atoms with Crippen molar-refractivity contribution in [1.29, 1.82) is 0 Å². The van der Waals surface area contributed by atoms with E-state index in [2.05, 4.69) is 20.0 Å². The van der Waals surface area contributed by atoms with Crippen molar-refractivity contribution in [3.05, 3.63) is 23.9 Å². The second-order valence-electron chi connectivity index (χ2n) is 14.3. The predicted octanol–water partition coefficient (Wildman–Crippen LogP) is 6.13. The van der Waals surface area contributed by atoms with Crippen molar-refractivity contribution in [3.63, 3.8) is 0 Å². The van der Waals surface area contributed by atoms with Crippen molar-refractivity contribution in [2.45, 2.75) is 110 Å². The van der Waals surface area contributed by atoms with Crippen LogP contribution in [0.25, 0.3) is 11.0 Å². The number of alkyl halides is 4. The molecule has 2 aromatic rings. The van der Waals surface area contributed by atoms with Crippen molar-refractivity contribution in [2.75, 3.05) is 6.54 Å². The Labute approximate surface area is 275 Å². The van der Waals surface area contributed by atoms with E-state index >= 15 is 8.78 Å². The van der Waals surface area contributed by atoms with Crippen LogP contribution in [0, 0.1) is 23.2 Å². The summed E-state index contributed by atoms with van der Waals surface area (Å²) in [5.74, 6) is -6.19. The third-order valence-electron chi connectivity index (χ3n) is 9.85. The average molecular weight is 683 g/mol. The third kappa shape index (κ3) is 7.54. The van der Waals surface area contributed by atoms with Crippen LogP contribution >= 0.6 is 0 Å². The number of aromatic nitrogens is 2. The number of amides is 2. The van der Waals surface area contributed by atoms with Crippen LogP contribution in [0.15, 0.2) is 18.2 Å². The molecule has 11 nitrogen and oxygen atoms in total. The predicted molar refractivity (Wildman–Crippen MR) is 164 cm³/mol. The first-order chi connectivity index (χ1) is 22.4. The van der Waals surface area contributed by atoms with Crippen molar-refractivity contribution in [3.8, 4) is 11.6 Å². The summed E-state index contributed by atoms with van der Waals surface area (Å²) < 4.78 is 74.1. The lowest BCUT2D eigenvalue weighted by Gasteiger charge is -2.35. The van der Waals surface area contributed by atoms with Gasteiger partial charge in [0.2, 0.25) is 11.8 Å². The lowest BCUT2D eigenvalue weighted by atomic mass is 9.85. The SMILES string of the molecule is C[C@@H]1[C@H]2CCCCC(F)(F)c3nc4ccc(OC(F)F)cc4nc3O[C@@H]3C[C@@H](C(=O)O)N(C3)C(=O)[C@H](C(C)(C)C)NC(=O)O[C@@H]2C[C@@H]1C. The van der Waals surface area contributed by atoms with E-state index < -0.39 is 78.2 Å². The number of benzene rings is 1. The van der Waals surface area contributed by atoms with Crippen LogP contribution in [0.5, 0.6) is 11.6 Å².